The summed E-state index contributed by atoms with van der Waals surface area (Å²) in [5, 5.41) is 0. The Hall–Kier alpha value is -0.790. The average molecular weight is 406 g/mol. The minimum absolute atomic E-state index is 0.0208. The quantitative estimate of drug-likeness (QED) is 0.659. The Morgan fingerprint density at radius 1 is 1.17 bits per heavy atom. The van der Waals surface area contributed by atoms with Gasteiger partial charge in [-0.3, -0.25) is 0 Å². The molecule has 0 amide bonds. The fourth-order valence-electron chi connectivity index (χ4n) is 2.81. The number of methoxy groups -OCH3 is 2. The number of ether oxygens (including phenoxy) is 2. The SMILES string of the molecule is CCC(CC)N(C1CC1)S(=O)(=O)c1cc(OC)c(OC)cc1Br. The van der Waals surface area contributed by atoms with E-state index < -0.39 is 10.0 Å². The average Bonchev–Trinajstić information content (AvgIpc) is 3.35. The molecule has 2 rings (SSSR count). The van der Waals surface area contributed by atoms with Gasteiger partial charge >= 0.3 is 0 Å². The van der Waals surface area contributed by atoms with Crippen molar-refractivity contribution in [1.29, 1.82) is 0 Å². The summed E-state index contributed by atoms with van der Waals surface area (Å²) in [6, 6.07) is 3.32. The number of halogens is 1. The van der Waals surface area contributed by atoms with E-state index in [1.54, 1.807) is 10.4 Å². The van der Waals surface area contributed by atoms with Crippen LogP contribution in [0.15, 0.2) is 21.5 Å². The zero-order valence-electron chi connectivity index (χ0n) is 14.0. The van der Waals surface area contributed by atoms with E-state index in [9.17, 15) is 8.42 Å². The van der Waals surface area contributed by atoms with Crippen LogP contribution in [0, 0.1) is 0 Å². The van der Waals surface area contributed by atoms with Gasteiger partial charge in [-0.1, -0.05) is 13.8 Å². The highest BCUT2D eigenvalue weighted by Crippen LogP contribution is 2.41. The van der Waals surface area contributed by atoms with Crippen molar-refractivity contribution >= 4 is 26.0 Å². The van der Waals surface area contributed by atoms with Crippen LogP contribution in [0.25, 0.3) is 0 Å². The van der Waals surface area contributed by atoms with Gasteiger partial charge < -0.3 is 9.47 Å². The van der Waals surface area contributed by atoms with Gasteiger partial charge in [-0.25, -0.2) is 8.42 Å². The van der Waals surface area contributed by atoms with Crippen LogP contribution in [-0.2, 0) is 10.0 Å². The van der Waals surface area contributed by atoms with E-state index in [0.717, 1.165) is 25.7 Å². The number of sulfonamides is 1. The third kappa shape index (κ3) is 3.67. The molecule has 130 valence electrons. The van der Waals surface area contributed by atoms with Crippen molar-refractivity contribution in [1.82, 2.24) is 4.31 Å². The Kier molecular flexibility index (Phi) is 5.97. The van der Waals surface area contributed by atoms with Crippen molar-refractivity contribution in [2.45, 2.75) is 56.5 Å². The van der Waals surface area contributed by atoms with E-state index in [0.29, 0.717) is 16.0 Å². The molecule has 0 radical (unpaired) electrons. The molecule has 5 nitrogen and oxygen atoms in total. The first-order valence-corrected chi connectivity index (χ1v) is 10.1. The van der Waals surface area contributed by atoms with Crippen molar-refractivity contribution in [2.75, 3.05) is 14.2 Å². The Balaban J connectivity index is 2.53. The van der Waals surface area contributed by atoms with Gasteiger partial charge in [0.05, 0.1) is 14.2 Å². The van der Waals surface area contributed by atoms with Gasteiger partial charge in [0.15, 0.2) is 11.5 Å². The third-order valence-electron chi connectivity index (χ3n) is 4.20. The van der Waals surface area contributed by atoms with Crippen molar-refractivity contribution in [3.05, 3.63) is 16.6 Å². The molecule has 0 aromatic heterocycles. The smallest absolute Gasteiger partial charge is 0.244 e. The molecule has 0 atom stereocenters. The van der Waals surface area contributed by atoms with Gasteiger partial charge in [0, 0.05) is 22.6 Å². The summed E-state index contributed by atoms with van der Waals surface area (Å²) in [6.45, 7) is 4.06. The van der Waals surface area contributed by atoms with Crippen LogP contribution >= 0.6 is 15.9 Å². The first-order valence-electron chi connectivity index (χ1n) is 7.85. The number of benzene rings is 1. The lowest BCUT2D eigenvalue weighted by atomic mass is 10.2. The molecule has 0 N–H and O–H groups in total. The van der Waals surface area contributed by atoms with Gasteiger partial charge in [-0.15, -0.1) is 0 Å². The summed E-state index contributed by atoms with van der Waals surface area (Å²) >= 11 is 3.38. The van der Waals surface area contributed by atoms with Crippen LogP contribution < -0.4 is 9.47 Å². The third-order valence-corrected chi connectivity index (χ3v) is 7.17. The van der Waals surface area contributed by atoms with Crippen LogP contribution in [0.3, 0.4) is 0 Å². The van der Waals surface area contributed by atoms with Crippen molar-refractivity contribution in [3.8, 4) is 11.5 Å². The predicted octanol–water partition coefficient (Wildman–Crippen LogP) is 3.81. The standard InChI is InChI=1S/C16H24BrNO4S/c1-5-11(6-2)18(12-7-8-12)23(19,20)16-10-15(22-4)14(21-3)9-13(16)17/h9-12H,5-8H2,1-4H3. The maximum absolute atomic E-state index is 13.3. The lowest BCUT2D eigenvalue weighted by Crippen LogP contribution is -2.41. The second kappa shape index (κ2) is 7.40. The van der Waals surface area contributed by atoms with E-state index in [1.165, 1.54) is 20.3 Å². The van der Waals surface area contributed by atoms with E-state index in [2.05, 4.69) is 15.9 Å². The zero-order valence-corrected chi connectivity index (χ0v) is 16.4. The summed E-state index contributed by atoms with van der Waals surface area (Å²) < 4.78 is 39.2. The van der Waals surface area contributed by atoms with Crippen molar-refractivity contribution < 1.29 is 17.9 Å². The van der Waals surface area contributed by atoms with Crippen LogP contribution in [0.1, 0.15) is 39.5 Å². The van der Waals surface area contributed by atoms with Crippen LogP contribution in [-0.4, -0.2) is 39.0 Å². The molecule has 0 aliphatic heterocycles. The highest BCUT2D eigenvalue weighted by atomic mass is 79.9. The number of nitrogens with zero attached hydrogens (tertiary/aromatic N) is 1. The Bertz CT molecular complexity index is 654. The predicted molar refractivity (Wildman–Crippen MR) is 93.7 cm³/mol. The topological polar surface area (TPSA) is 55.8 Å². The lowest BCUT2D eigenvalue weighted by Gasteiger charge is -2.30. The van der Waals surface area contributed by atoms with Crippen LogP contribution in [0.5, 0.6) is 11.5 Å². The fourth-order valence-corrected chi connectivity index (χ4v) is 5.83. The molecule has 23 heavy (non-hydrogen) atoms. The summed E-state index contributed by atoms with van der Waals surface area (Å²) in [7, 11) is -0.570. The molecule has 7 heteroatoms. The lowest BCUT2D eigenvalue weighted by molar-refractivity contribution is 0.295. The van der Waals surface area contributed by atoms with E-state index in [1.807, 2.05) is 13.8 Å². The summed E-state index contributed by atoms with van der Waals surface area (Å²) in [6.07, 6.45) is 3.47. The molecule has 1 aromatic rings. The summed E-state index contributed by atoms with van der Waals surface area (Å²) in [4.78, 5) is 0.231. The van der Waals surface area contributed by atoms with Crippen LogP contribution in [0.2, 0.25) is 0 Å². The Morgan fingerprint density at radius 3 is 2.13 bits per heavy atom. The monoisotopic (exact) mass is 405 g/mol. The van der Waals surface area contributed by atoms with E-state index in [4.69, 9.17) is 9.47 Å². The van der Waals surface area contributed by atoms with Crippen LogP contribution in [0.4, 0.5) is 0 Å². The molecule has 1 aliphatic carbocycles. The number of rotatable bonds is 8. The van der Waals surface area contributed by atoms with Gasteiger partial charge in [-0.05, 0) is 47.7 Å². The number of hydrogen-bond donors (Lipinski definition) is 0. The molecular formula is C16H24BrNO4S. The second-order valence-corrected chi connectivity index (χ2v) is 8.34. The molecule has 0 heterocycles. The molecule has 1 fully saturated rings. The second-order valence-electron chi connectivity index (χ2n) is 5.67. The minimum Gasteiger partial charge on any atom is -0.493 e. The van der Waals surface area contributed by atoms with Crippen molar-refractivity contribution in [3.63, 3.8) is 0 Å². The summed E-state index contributed by atoms with van der Waals surface area (Å²) in [5.41, 5.74) is 0. The molecule has 0 unspecified atom stereocenters. The highest BCUT2D eigenvalue weighted by Gasteiger charge is 2.42. The number of hydrogen-bond acceptors (Lipinski definition) is 4. The fraction of sp³-hybridized carbons (Fsp3) is 0.625. The van der Waals surface area contributed by atoms with E-state index >= 15 is 0 Å². The molecule has 0 bridgehead atoms. The minimum atomic E-state index is -3.60. The molecule has 1 saturated carbocycles. The molecule has 0 saturated heterocycles. The Morgan fingerprint density at radius 2 is 1.70 bits per heavy atom. The van der Waals surface area contributed by atoms with Gasteiger partial charge in [0.1, 0.15) is 4.90 Å². The zero-order chi connectivity index (χ0) is 17.2. The summed E-state index contributed by atoms with van der Waals surface area (Å²) in [5.74, 6) is 0.911. The van der Waals surface area contributed by atoms with Gasteiger partial charge in [-0.2, -0.15) is 4.31 Å². The Labute approximate surface area is 147 Å². The van der Waals surface area contributed by atoms with Gasteiger partial charge in [0.2, 0.25) is 10.0 Å². The molecular weight excluding hydrogens is 382 g/mol. The molecule has 1 aromatic carbocycles. The highest BCUT2D eigenvalue weighted by molar-refractivity contribution is 9.10. The molecule has 1 aliphatic rings. The maximum Gasteiger partial charge on any atom is 0.244 e. The normalized spacial score (nSPS) is 15.3. The first kappa shape index (κ1) is 18.5. The largest absolute Gasteiger partial charge is 0.493 e. The molecule has 0 spiro atoms. The first-order chi connectivity index (χ1) is 10.9. The van der Waals surface area contributed by atoms with Gasteiger partial charge in [0.25, 0.3) is 0 Å². The van der Waals surface area contributed by atoms with Crippen molar-refractivity contribution in [2.24, 2.45) is 0 Å². The maximum atomic E-state index is 13.3. The van der Waals surface area contributed by atoms with E-state index in [-0.39, 0.29) is 17.0 Å².